The molecule has 26 heavy (non-hydrogen) atoms. The summed E-state index contributed by atoms with van der Waals surface area (Å²) < 4.78 is 66.3. The second-order valence-electron chi connectivity index (χ2n) is 5.95. The molecule has 0 spiro atoms. The van der Waals surface area contributed by atoms with Crippen molar-refractivity contribution in [1.29, 1.82) is 0 Å². The molecule has 0 saturated carbocycles. The predicted octanol–water partition coefficient (Wildman–Crippen LogP) is 2.06. The van der Waals surface area contributed by atoms with Crippen molar-refractivity contribution in [3.05, 3.63) is 29.8 Å². The molecule has 0 atom stereocenters. The maximum atomic E-state index is 12.4. The molecule has 1 N–H and O–H groups in total. The van der Waals surface area contributed by atoms with Gasteiger partial charge in [0.2, 0.25) is 15.9 Å². The molecular weight excluding hydrogens is 373 g/mol. The lowest BCUT2D eigenvalue weighted by atomic mass is 10.2. The van der Waals surface area contributed by atoms with Gasteiger partial charge in [0.05, 0.1) is 11.5 Å². The molecule has 0 aromatic heterocycles. The van der Waals surface area contributed by atoms with E-state index in [1.165, 1.54) is 16.4 Å². The SMILES string of the molecule is O=C(CCOCC(F)(F)F)NCc1ccc(S(=O)(=O)N2CCCC2)cc1. The van der Waals surface area contributed by atoms with Crippen molar-refractivity contribution in [3.8, 4) is 0 Å². The first kappa shape index (κ1) is 20.7. The Morgan fingerprint density at radius 2 is 1.77 bits per heavy atom. The van der Waals surface area contributed by atoms with E-state index in [2.05, 4.69) is 10.1 Å². The highest BCUT2D eigenvalue weighted by Gasteiger charge is 2.28. The molecule has 1 amide bonds. The number of ether oxygens (including phenoxy) is 1. The predicted molar refractivity (Wildman–Crippen MR) is 87.8 cm³/mol. The number of nitrogens with zero attached hydrogens (tertiary/aromatic N) is 1. The molecule has 0 unspecified atom stereocenters. The third kappa shape index (κ3) is 6.26. The van der Waals surface area contributed by atoms with E-state index in [1.807, 2.05) is 0 Å². The molecule has 1 aromatic rings. The van der Waals surface area contributed by atoms with Gasteiger partial charge in [-0.3, -0.25) is 4.79 Å². The van der Waals surface area contributed by atoms with Crippen molar-refractivity contribution in [2.24, 2.45) is 0 Å². The maximum absolute atomic E-state index is 12.4. The third-order valence-electron chi connectivity index (χ3n) is 3.86. The van der Waals surface area contributed by atoms with Gasteiger partial charge < -0.3 is 10.1 Å². The zero-order chi connectivity index (χ0) is 19.2. The van der Waals surface area contributed by atoms with E-state index >= 15 is 0 Å². The Labute approximate surface area is 150 Å². The zero-order valence-electron chi connectivity index (χ0n) is 14.1. The number of hydrogen-bond donors (Lipinski definition) is 1. The van der Waals surface area contributed by atoms with Gasteiger partial charge in [0, 0.05) is 26.1 Å². The van der Waals surface area contributed by atoms with Crippen molar-refractivity contribution in [1.82, 2.24) is 9.62 Å². The van der Waals surface area contributed by atoms with E-state index in [9.17, 15) is 26.4 Å². The van der Waals surface area contributed by atoms with Crippen LogP contribution in [0.3, 0.4) is 0 Å². The number of sulfonamides is 1. The van der Waals surface area contributed by atoms with Crippen LogP contribution in [0.15, 0.2) is 29.2 Å². The molecule has 10 heteroatoms. The van der Waals surface area contributed by atoms with E-state index in [-0.39, 0.29) is 24.5 Å². The highest BCUT2D eigenvalue weighted by Crippen LogP contribution is 2.21. The normalized spacial score (nSPS) is 16.0. The van der Waals surface area contributed by atoms with Crippen molar-refractivity contribution >= 4 is 15.9 Å². The number of nitrogens with one attached hydrogen (secondary N) is 1. The Balaban J connectivity index is 1.77. The lowest BCUT2D eigenvalue weighted by molar-refractivity contribution is -0.174. The van der Waals surface area contributed by atoms with Crippen LogP contribution >= 0.6 is 0 Å². The van der Waals surface area contributed by atoms with E-state index in [0.29, 0.717) is 18.7 Å². The van der Waals surface area contributed by atoms with Gasteiger partial charge >= 0.3 is 6.18 Å². The summed E-state index contributed by atoms with van der Waals surface area (Å²) in [5, 5.41) is 2.55. The first-order valence-corrected chi connectivity index (χ1v) is 9.63. The number of benzene rings is 1. The van der Waals surface area contributed by atoms with Gasteiger partial charge in [-0.15, -0.1) is 0 Å². The van der Waals surface area contributed by atoms with E-state index in [1.54, 1.807) is 12.1 Å². The first-order valence-electron chi connectivity index (χ1n) is 8.19. The number of carbonyl (C=O) groups is 1. The minimum atomic E-state index is -4.41. The van der Waals surface area contributed by atoms with Crippen LogP contribution in [0.4, 0.5) is 13.2 Å². The largest absolute Gasteiger partial charge is 0.411 e. The Kier molecular flexibility index (Phi) is 7.01. The van der Waals surface area contributed by atoms with Crippen LogP contribution in [-0.2, 0) is 26.1 Å². The summed E-state index contributed by atoms with van der Waals surface area (Å²) in [5.74, 6) is -0.444. The molecule has 1 aromatic carbocycles. The molecular formula is C16H21F3N2O4S. The average molecular weight is 394 g/mol. The standard InChI is InChI=1S/C16H21F3N2O4S/c17-16(18,19)12-25-10-7-15(22)20-11-13-3-5-14(6-4-13)26(23,24)21-8-1-2-9-21/h3-6H,1-2,7-12H2,(H,20,22). The molecule has 0 aliphatic carbocycles. The smallest absolute Gasteiger partial charge is 0.372 e. The number of carbonyl (C=O) groups excluding carboxylic acids is 1. The molecule has 146 valence electrons. The lowest BCUT2D eigenvalue weighted by Crippen LogP contribution is -2.28. The molecule has 0 radical (unpaired) electrons. The Hall–Kier alpha value is -1.65. The van der Waals surface area contributed by atoms with Crippen molar-refractivity contribution in [2.75, 3.05) is 26.3 Å². The van der Waals surface area contributed by atoms with Crippen LogP contribution < -0.4 is 5.32 Å². The van der Waals surface area contributed by atoms with Gasteiger partial charge in [-0.25, -0.2) is 8.42 Å². The summed E-state index contributed by atoms with van der Waals surface area (Å²) in [4.78, 5) is 11.8. The van der Waals surface area contributed by atoms with Crippen molar-refractivity contribution < 1.29 is 31.1 Å². The summed E-state index contributed by atoms with van der Waals surface area (Å²) >= 11 is 0. The monoisotopic (exact) mass is 394 g/mol. The molecule has 1 fully saturated rings. The highest BCUT2D eigenvalue weighted by atomic mass is 32.2. The fourth-order valence-corrected chi connectivity index (χ4v) is 4.02. The Bertz CT molecular complexity index is 699. The minimum Gasteiger partial charge on any atom is -0.372 e. The summed E-state index contributed by atoms with van der Waals surface area (Å²) in [6.07, 6.45) is -2.88. The first-order chi connectivity index (χ1) is 12.2. The van der Waals surface area contributed by atoms with Crippen molar-refractivity contribution in [2.45, 2.75) is 36.9 Å². The molecule has 1 aliphatic rings. The average Bonchev–Trinajstić information content (AvgIpc) is 3.12. The number of rotatable bonds is 8. The number of alkyl halides is 3. The lowest BCUT2D eigenvalue weighted by Gasteiger charge is -2.15. The van der Waals surface area contributed by atoms with Gasteiger partial charge in [-0.2, -0.15) is 17.5 Å². The summed E-state index contributed by atoms with van der Waals surface area (Å²) in [7, 11) is -3.48. The molecule has 1 saturated heterocycles. The van der Waals surface area contributed by atoms with Crippen LogP contribution in [-0.4, -0.2) is 51.1 Å². The molecule has 2 rings (SSSR count). The third-order valence-corrected chi connectivity index (χ3v) is 5.77. The van der Waals surface area contributed by atoms with Gasteiger partial charge in [0.15, 0.2) is 0 Å². The Morgan fingerprint density at radius 1 is 1.15 bits per heavy atom. The summed E-state index contributed by atoms with van der Waals surface area (Å²) in [6.45, 7) is -0.499. The number of hydrogen-bond acceptors (Lipinski definition) is 4. The van der Waals surface area contributed by atoms with Gasteiger partial charge in [0.1, 0.15) is 6.61 Å². The number of halogens is 3. The van der Waals surface area contributed by atoms with Gasteiger partial charge in [-0.1, -0.05) is 12.1 Å². The molecule has 1 aliphatic heterocycles. The minimum absolute atomic E-state index is 0.155. The summed E-state index contributed by atoms with van der Waals surface area (Å²) in [5.41, 5.74) is 0.690. The quantitative estimate of drug-likeness (QED) is 0.685. The Morgan fingerprint density at radius 3 is 2.35 bits per heavy atom. The molecule has 0 bridgehead atoms. The van der Waals surface area contributed by atoms with Crippen molar-refractivity contribution in [3.63, 3.8) is 0 Å². The second kappa shape index (κ2) is 8.83. The summed E-state index contributed by atoms with van der Waals surface area (Å²) in [6, 6.07) is 6.18. The van der Waals surface area contributed by atoms with Crippen LogP contribution in [0.25, 0.3) is 0 Å². The van der Waals surface area contributed by atoms with E-state index in [4.69, 9.17) is 0 Å². The van der Waals surface area contributed by atoms with E-state index < -0.39 is 28.7 Å². The van der Waals surface area contributed by atoms with Gasteiger partial charge in [0.25, 0.3) is 0 Å². The van der Waals surface area contributed by atoms with Gasteiger partial charge in [-0.05, 0) is 30.5 Å². The fourth-order valence-electron chi connectivity index (χ4n) is 2.50. The van der Waals surface area contributed by atoms with E-state index in [0.717, 1.165) is 12.8 Å². The highest BCUT2D eigenvalue weighted by molar-refractivity contribution is 7.89. The van der Waals surface area contributed by atoms with Crippen LogP contribution in [0, 0.1) is 0 Å². The molecule has 6 nitrogen and oxygen atoms in total. The van der Waals surface area contributed by atoms with Crippen LogP contribution in [0.1, 0.15) is 24.8 Å². The molecule has 1 heterocycles. The van der Waals surface area contributed by atoms with Crippen LogP contribution in [0.5, 0.6) is 0 Å². The number of amides is 1. The second-order valence-corrected chi connectivity index (χ2v) is 7.89. The topological polar surface area (TPSA) is 75.7 Å². The zero-order valence-corrected chi connectivity index (χ0v) is 14.9. The maximum Gasteiger partial charge on any atom is 0.411 e. The van der Waals surface area contributed by atoms with Crippen LogP contribution in [0.2, 0.25) is 0 Å². The fraction of sp³-hybridized carbons (Fsp3) is 0.562.